The number of carbonyl (C=O) groups excluding carboxylic acids is 1. The fraction of sp³-hybridized carbons (Fsp3) is 0.542. The van der Waals surface area contributed by atoms with Crippen molar-refractivity contribution in [1.29, 1.82) is 0 Å². The molecule has 4 nitrogen and oxygen atoms in total. The molecule has 0 spiro atoms. The highest BCUT2D eigenvalue weighted by Gasteiger charge is 2.23. The number of aryl methyl sites for hydroxylation is 2. The van der Waals surface area contributed by atoms with Crippen LogP contribution in [0, 0.1) is 13.8 Å². The van der Waals surface area contributed by atoms with Crippen molar-refractivity contribution in [2.24, 2.45) is 0 Å². The van der Waals surface area contributed by atoms with Crippen molar-refractivity contribution in [2.75, 3.05) is 19.6 Å². The Morgan fingerprint density at radius 1 is 1.17 bits per heavy atom. The van der Waals surface area contributed by atoms with E-state index in [4.69, 9.17) is 11.6 Å². The van der Waals surface area contributed by atoms with Crippen LogP contribution in [0.2, 0.25) is 5.02 Å². The van der Waals surface area contributed by atoms with Crippen LogP contribution >= 0.6 is 11.6 Å². The molecule has 1 N–H and O–H groups in total. The third-order valence-corrected chi connectivity index (χ3v) is 6.19. The van der Waals surface area contributed by atoms with Gasteiger partial charge in [-0.05, 0) is 56.9 Å². The summed E-state index contributed by atoms with van der Waals surface area (Å²) in [7, 11) is 0. The second-order valence-corrected chi connectivity index (χ2v) is 9.04. The zero-order valence-electron chi connectivity index (χ0n) is 18.2. The first-order valence-electron chi connectivity index (χ1n) is 10.8. The summed E-state index contributed by atoms with van der Waals surface area (Å²) in [5.74, 6) is 0.242. The maximum absolute atomic E-state index is 13.0. The molecule has 29 heavy (non-hydrogen) atoms. The van der Waals surface area contributed by atoms with E-state index in [1.54, 1.807) is 0 Å². The molecule has 3 rings (SSSR count). The summed E-state index contributed by atoms with van der Waals surface area (Å²) >= 11 is 5.98. The number of aromatic nitrogens is 1. The predicted molar refractivity (Wildman–Crippen MR) is 121 cm³/mol. The number of carbonyl (C=O) groups is 1. The number of hydrogen-bond acceptors (Lipinski definition) is 3. The number of hydrogen-bond donors (Lipinski definition) is 1. The van der Waals surface area contributed by atoms with Crippen LogP contribution in [0.15, 0.2) is 30.3 Å². The minimum absolute atomic E-state index is 0.242. The maximum Gasteiger partial charge on any atom is 0.178 e. The van der Waals surface area contributed by atoms with E-state index < -0.39 is 0 Å². The van der Waals surface area contributed by atoms with Gasteiger partial charge in [-0.1, -0.05) is 37.6 Å². The predicted octanol–water partition coefficient (Wildman–Crippen LogP) is 4.65. The molecule has 0 saturated carbocycles. The first kappa shape index (κ1) is 22.1. The average molecular weight is 416 g/mol. The second kappa shape index (κ2) is 9.92. The van der Waals surface area contributed by atoms with E-state index in [1.807, 2.05) is 12.1 Å². The van der Waals surface area contributed by atoms with Crippen molar-refractivity contribution >= 4 is 17.4 Å². The molecular formula is C24H34ClN3O. The number of likely N-dealkylation sites (tertiary alicyclic amines) is 1. The number of halogens is 1. The van der Waals surface area contributed by atoms with Crippen molar-refractivity contribution in [3.63, 3.8) is 0 Å². The van der Waals surface area contributed by atoms with E-state index >= 15 is 0 Å². The lowest BCUT2D eigenvalue weighted by molar-refractivity contribution is 0.0902. The Balaban J connectivity index is 1.57. The minimum Gasteiger partial charge on any atom is -0.348 e. The Morgan fingerprint density at radius 2 is 1.83 bits per heavy atom. The molecule has 0 radical (unpaired) electrons. The number of nitrogens with zero attached hydrogens (tertiary/aromatic N) is 2. The summed E-state index contributed by atoms with van der Waals surface area (Å²) in [6, 6.07) is 11.2. The molecule has 0 atom stereocenters. The molecule has 0 unspecified atom stereocenters. The third-order valence-electron chi connectivity index (χ3n) is 5.94. The Morgan fingerprint density at radius 3 is 2.45 bits per heavy atom. The van der Waals surface area contributed by atoms with Crippen LogP contribution in [-0.4, -0.2) is 47.0 Å². The minimum atomic E-state index is 0.242. The van der Waals surface area contributed by atoms with Crippen LogP contribution in [0.5, 0.6) is 0 Å². The van der Waals surface area contributed by atoms with Gasteiger partial charge in [-0.2, -0.15) is 0 Å². The summed E-state index contributed by atoms with van der Waals surface area (Å²) in [5, 5.41) is 4.38. The van der Waals surface area contributed by atoms with Crippen molar-refractivity contribution in [1.82, 2.24) is 14.8 Å². The molecule has 1 aliphatic heterocycles. The first-order valence-corrected chi connectivity index (χ1v) is 11.1. The zero-order valence-corrected chi connectivity index (χ0v) is 18.9. The summed E-state index contributed by atoms with van der Waals surface area (Å²) in [4.78, 5) is 15.3. The maximum atomic E-state index is 13.0. The Bertz CT molecular complexity index is 817. The van der Waals surface area contributed by atoms with Gasteiger partial charge in [0.05, 0.1) is 6.54 Å². The fourth-order valence-electron chi connectivity index (χ4n) is 4.34. The highest BCUT2D eigenvalue weighted by molar-refractivity contribution is 6.30. The van der Waals surface area contributed by atoms with Crippen LogP contribution in [0.3, 0.4) is 0 Å². The first-order chi connectivity index (χ1) is 13.8. The quantitative estimate of drug-likeness (QED) is 0.638. The van der Waals surface area contributed by atoms with E-state index in [0.29, 0.717) is 18.6 Å². The number of piperidine rings is 1. The average Bonchev–Trinajstić information content (AvgIpc) is 2.96. The van der Waals surface area contributed by atoms with Crippen molar-refractivity contribution in [3.05, 3.63) is 57.9 Å². The molecule has 0 amide bonds. The van der Waals surface area contributed by atoms with Crippen LogP contribution in [0.1, 0.15) is 54.0 Å². The van der Waals surface area contributed by atoms with Gasteiger partial charge in [0, 0.05) is 53.7 Å². The number of Topliss-reactive ketones (excluding diaryl/α,β-unsaturated/α-hetero) is 1. The van der Waals surface area contributed by atoms with Gasteiger partial charge >= 0.3 is 0 Å². The van der Waals surface area contributed by atoms with Gasteiger partial charge < -0.3 is 9.88 Å². The van der Waals surface area contributed by atoms with Crippen LogP contribution < -0.4 is 5.32 Å². The Hall–Kier alpha value is -1.62. The summed E-state index contributed by atoms with van der Waals surface area (Å²) in [6.45, 7) is 11.9. The normalized spacial score (nSPS) is 15.9. The number of ketones is 1. The molecule has 1 aliphatic rings. The highest BCUT2D eigenvalue weighted by atomic mass is 35.5. The molecule has 2 heterocycles. The molecule has 1 aromatic carbocycles. The van der Waals surface area contributed by atoms with Crippen molar-refractivity contribution in [3.8, 4) is 0 Å². The smallest absolute Gasteiger partial charge is 0.178 e. The fourth-order valence-corrected chi connectivity index (χ4v) is 4.46. The number of nitrogens with one attached hydrogen (secondary N) is 1. The lowest BCUT2D eigenvalue weighted by Crippen LogP contribution is -2.46. The summed E-state index contributed by atoms with van der Waals surface area (Å²) < 4.78 is 2.26. The third kappa shape index (κ3) is 5.94. The zero-order chi connectivity index (χ0) is 21.0. The van der Waals surface area contributed by atoms with Gasteiger partial charge in [-0.3, -0.25) is 9.69 Å². The monoisotopic (exact) mass is 415 g/mol. The lowest BCUT2D eigenvalue weighted by atomic mass is 10.0. The van der Waals surface area contributed by atoms with E-state index in [2.05, 4.69) is 60.7 Å². The molecule has 2 aromatic rings. The highest BCUT2D eigenvalue weighted by Crippen LogP contribution is 2.19. The molecule has 0 aliphatic carbocycles. The standard InChI is InChI=1S/C24H34ClN3O/c1-17(2)26-22-10-12-27(13-11-22)16-24(29)23-15-18(3)28(19(23)4)14-9-20-5-7-21(25)8-6-20/h5-8,15,17,22,26H,9-14,16H2,1-4H3. The SMILES string of the molecule is Cc1cc(C(=O)CN2CCC(NC(C)C)CC2)c(C)n1CCc1ccc(Cl)cc1. The molecule has 1 aromatic heterocycles. The van der Waals surface area contributed by atoms with Gasteiger partial charge in [-0.15, -0.1) is 0 Å². The number of rotatable bonds is 8. The van der Waals surface area contributed by atoms with E-state index in [0.717, 1.165) is 60.9 Å². The van der Waals surface area contributed by atoms with Crippen molar-refractivity contribution < 1.29 is 4.79 Å². The van der Waals surface area contributed by atoms with Gasteiger partial charge in [0.25, 0.3) is 0 Å². The van der Waals surface area contributed by atoms with Gasteiger partial charge in [0.1, 0.15) is 0 Å². The molecule has 5 heteroatoms. The van der Waals surface area contributed by atoms with Gasteiger partial charge in [0.2, 0.25) is 0 Å². The Kier molecular flexibility index (Phi) is 7.55. The molecule has 1 fully saturated rings. The molecule has 158 valence electrons. The van der Waals surface area contributed by atoms with Crippen LogP contribution in [0.4, 0.5) is 0 Å². The summed E-state index contributed by atoms with van der Waals surface area (Å²) in [6.07, 6.45) is 3.16. The van der Waals surface area contributed by atoms with Crippen molar-refractivity contribution in [2.45, 2.75) is 65.6 Å². The van der Waals surface area contributed by atoms with Crippen LogP contribution in [-0.2, 0) is 13.0 Å². The molecular weight excluding hydrogens is 382 g/mol. The van der Waals surface area contributed by atoms with E-state index in [1.165, 1.54) is 5.56 Å². The van der Waals surface area contributed by atoms with E-state index in [9.17, 15) is 4.79 Å². The summed E-state index contributed by atoms with van der Waals surface area (Å²) in [5.41, 5.74) is 4.37. The van der Waals surface area contributed by atoms with E-state index in [-0.39, 0.29) is 5.78 Å². The van der Waals surface area contributed by atoms with Gasteiger partial charge in [-0.25, -0.2) is 0 Å². The lowest BCUT2D eigenvalue weighted by Gasteiger charge is -2.33. The Labute approximate surface area is 180 Å². The largest absolute Gasteiger partial charge is 0.348 e. The number of benzene rings is 1. The molecule has 1 saturated heterocycles. The second-order valence-electron chi connectivity index (χ2n) is 8.61. The van der Waals surface area contributed by atoms with Crippen LogP contribution in [0.25, 0.3) is 0 Å². The topological polar surface area (TPSA) is 37.3 Å². The molecule has 0 bridgehead atoms. The van der Waals surface area contributed by atoms with Gasteiger partial charge in [0.15, 0.2) is 5.78 Å².